The third-order valence-electron chi connectivity index (χ3n) is 6.25. The van der Waals surface area contributed by atoms with Crippen LogP contribution in [0, 0.1) is 5.92 Å². The molecule has 1 aliphatic heterocycles. The van der Waals surface area contributed by atoms with E-state index in [0.29, 0.717) is 13.0 Å². The van der Waals surface area contributed by atoms with Crippen LogP contribution in [0.4, 0.5) is 0 Å². The van der Waals surface area contributed by atoms with Crippen molar-refractivity contribution in [2.75, 3.05) is 6.54 Å². The molecule has 1 fully saturated rings. The predicted octanol–water partition coefficient (Wildman–Crippen LogP) is 3.80. The Bertz CT molecular complexity index is 942. The van der Waals surface area contributed by atoms with E-state index in [4.69, 9.17) is 4.74 Å². The van der Waals surface area contributed by atoms with Gasteiger partial charge in [0.05, 0.1) is 18.7 Å². The van der Waals surface area contributed by atoms with Gasteiger partial charge in [0.15, 0.2) is 0 Å². The quantitative estimate of drug-likeness (QED) is 0.472. The van der Waals surface area contributed by atoms with Gasteiger partial charge in [0.2, 0.25) is 11.8 Å². The summed E-state index contributed by atoms with van der Waals surface area (Å²) < 4.78 is 5.75. The molecule has 2 aromatic rings. The molecule has 1 heterocycles. The van der Waals surface area contributed by atoms with Gasteiger partial charge >= 0.3 is 0 Å². The summed E-state index contributed by atoms with van der Waals surface area (Å²) in [6.45, 7) is 10.6. The second-order valence-electron chi connectivity index (χ2n) is 8.64. The average molecular weight is 462 g/mol. The van der Waals surface area contributed by atoms with Crippen LogP contribution in [-0.2, 0) is 27.3 Å². The number of benzene rings is 2. The second kappa shape index (κ2) is 12.8. The zero-order valence-corrected chi connectivity index (χ0v) is 19.9. The maximum Gasteiger partial charge on any atom is 0.249 e. The van der Waals surface area contributed by atoms with E-state index in [1.165, 1.54) is 12.5 Å². The molecular weight excluding hydrogens is 426 g/mol. The molecule has 0 spiro atoms. The summed E-state index contributed by atoms with van der Waals surface area (Å²) >= 11 is 0. The van der Waals surface area contributed by atoms with Crippen molar-refractivity contribution in [2.45, 2.75) is 50.9 Å². The van der Waals surface area contributed by atoms with Crippen molar-refractivity contribution in [2.24, 2.45) is 5.92 Å². The maximum atomic E-state index is 13.6. The van der Waals surface area contributed by atoms with Crippen LogP contribution in [0.1, 0.15) is 30.9 Å². The minimum atomic E-state index is -0.736. The molecule has 2 amide bonds. The normalized spacial score (nSPS) is 17.7. The van der Waals surface area contributed by atoms with E-state index < -0.39 is 12.0 Å². The van der Waals surface area contributed by atoms with E-state index in [0.717, 1.165) is 30.5 Å². The topological polar surface area (TPSA) is 70.7 Å². The molecular formula is C28H35N3O3. The van der Waals surface area contributed by atoms with Gasteiger partial charge in [-0.25, -0.2) is 0 Å². The Balaban J connectivity index is 1.78. The molecule has 0 saturated carbocycles. The van der Waals surface area contributed by atoms with Crippen molar-refractivity contribution >= 4 is 11.8 Å². The Kier molecular flexibility index (Phi) is 9.47. The third kappa shape index (κ3) is 6.81. The fraction of sp³-hybridized carbons (Fsp3) is 0.357. The lowest BCUT2D eigenvalue weighted by Crippen LogP contribution is -2.52. The summed E-state index contributed by atoms with van der Waals surface area (Å²) in [5.74, 6) is -0.895. The number of hydrogen-bond acceptors (Lipinski definition) is 4. The number of ether oxygens (including phenoxy) is 1. The van der Waals surface area contributed by atoms with E-state index in [9.17, 15) is 9.59 Å². The Hall–Kier alpha value is -3.38. The van der Waals surface area contributed by atoms with Crippen molar-refractivity contribution in [3.05, 3.63) is 97.4 Å². The smallest absolute Gasteiger partial charge is 0.249 e. The largest absolute Gasteiger partial charge is 0.496 e. The van der Waals surface area contributed by atoms with Crippen molar-refractivity contribution in [3.8, 4) is 0 Å². The molecule has 0 radical (unpaired) electrons. The van der Waals surface area contributed by atoms with Crippen LogP contribution in [0.25, 0.3) is 0 Å². The van der Waals surface area contributed by atoms with Gasteiger partial charge in [0.1, 0.15) is 12.1 Å². The minimum absolute atomic E-state index is 0.0739. The Labute approximate surface area is 202 Å². The molecule has 2 aromatic carbocycles. The van der Waals surface area contributed by atoms with Gasteiger partial charge in [0, 0.05) is 18.7 Å². The van der Waals surface area contributed by atoms with Crippen LogP contribution < -0.4 is 10.6 Å². The Morgan fingerprint density at radius 1 is 1.12 bits per heavy atom. The van der Waals surface area contributed by atoms with Crippen molar-refractivity contribution in [1.82, 2.24) is 15.5 Å². The summed E-state index contributed by atoms with van der Waals surface area (Å²) in [7, 11) is 0. The van der Waals surface area contributed by atoms with Crippen LogP contribution >= 0.6 is 0 Å². The van der Waals surface area contributed by atoms with E-state index >= 15 is 0 Å². The Morgan fingerprint density at radius 2 is 1.76 bits per heavy atom. The second-order valence-corrected chi connectivity index (χ2v) is 8.64. The number of carbonyl (C=O) groups excluding carboxylic acids is 2. The first kappa shape index (κ1) is 25.2. The molecule has 34 heavy (non-hydrogen) atoms. The zero-order valence-electron chi connectivity index (χ0n) is 19.9. The van der Waals surface area contributed by atoms with Gasteiger partial charge in [-0.3, -0.25) is 9.59 Å². The highest BCUT2D eigenvalue weighted by molar-refractivity contribution is 5.89. The van der Waals surface area contributed by atoms with Gasteiger partial charge in [-0.2, -0.15) is 0 Å². The number of hydrogen-bond donors (Lipinski definition) is 2. The molecule has 2 N–H and O–H groups in total. The monoisotopic (exact) mass is 461 g/mol. The van der Waals surface area contributed by atoms with Crippen LogP contribution in [0.3, 0.4) is 0 Å². The van der Waals surface area contributed by atoms with E-state index in [1.54, 1.807) is 4.90 Å². The molecule has 6 nitrogen and oxygen atoms in total. The third-order valence-corrected chi connectivity index (χ3v) is 6.25. The number of nitrogens with one attached hydrogen (secondary N) is 2. The number of nitrogens with zero attached hydrogens (tertiary/aromatic N) is 1. The molecule has 0 aliphatic carbocycles. The molecule has 180 valence electrons. The molecule has 3 rings (SSSR count). The van der Waals surface area contributed by atoms with E-state index in [-0.39, 0.29) is 24.0 Å². The van der Waals surface area contributed by atoms with Gasteiger partial charge < -0.3 is 20.3 Å². The highest BCUT2D eigenvalue weighted by atomic mass is 16.5. The maximum absolute atomic E-state index is 13.6. The standard InChI is InChI=1S/C28H35N3O3/c1-4-31(20-23-15-10-7-11-16-23)28(33)25(19-22-13-8-6-9-14-22)30-27(32)21(3)26(34-5-2)24-17-12-18-29-24/h4-11,13-16,21,24-26,29H,1-2,12,17-20H2,3H3,(H,30,32)/t21-,24+,25+,26-/m1/s1. The summed E-state index contributed by atoms with van der Waals surface area (Å²) in [5, 5.41) is 6.41. The van der Waals surface area contributed by atoms with Crippen molar-refractivity contribution in [3.63, 3.8) is 0 Å². The first-order chi connectivity index (χ1) is 16.5. The first-order valence-corrected chi connectivity index (χ1v) is 11.8. The molecule has 0 bridgehead atoms. The molecule has 4 atom stereocenters. The fourth-order valence-corrected chi connectivity index (χ4v) is 4.38. The van der Waals surface area contributed by atoms with Crippen molar-refractivity contribution in [1.29, 1.82) is 0 Å². The van der Waals surface area contributed by atoms with Gasteiger partial charge in [-0.15, -0.1) is 0 Å². The average Bonchev–Trinajstić information content (AvgIpc) is 3.40. The summed E-state index contributed by atoms with van der Waals surface area (Å²) in [6, 6.07) is 18.8. The molecule has 6 heteroatoms. The lowest BCUT2D eigenvalue weighted by atomic mass is 9.94. The van der Waals surface area contributed by atoms with Crippen LogP contribution in [0.2, 0.25) is 0 Å². The highest BCUT2D eigenvalue weighted by Gasteiger charge is 2.36. The first-order valence-electron chi connectivity index (χ1n) is 11.8. The molecule has 0 aromatic heterocycles. The Morgan fingerprint density at radius 3 is 2.32 bits per heavy atom. The SMILES string of the molecule is C=CO[C@@H]([C@@H]1CCCN1)[C@@H](C)C(=O)N[C@@H](Cc1ccccc1)C(=O)N(C=C)Cc1ccccc1. The van der Waals surface area contributed by atoms with Gasteiger partial charge in [0.25, 0.3) is 0 Å². The fourth-order valence-electron chi connectivity index (χ4n) is 4.38. The molecule has 0 unspecified atom stereocenters. The van der Waals surface area contributed by atoms with E-state index in [2.05, 4.69) is 23.8 Å². The van der Waals surface area contributed by atoms with Crippen molar-refractivity contribution < 1.29 is 14.3 Å². The van der Waals surface area contributed by atoms with Crippen LogP contribution in [0.15, 0.2) is 86.3 Å². The van der Waals surface area contributed by atoms with Gasteiger partial charge in [-0.05, 0) is 37.4 Å². The van der Waals surface area contributed by atoms with Gasteiger partial charge in [-0.1, -0.05) is 73.8 Å². The molecule has 1 aliphatic rings. The van der Waals surface area contributed by atoms with Crippen LogP contribution in [0.5, 0.6) is 0 Å². The number of amides is 2. The summed E-state index contributed by atoms with van der Waals surface area (Å²) in [4.78, 5) is 28.5. The minimum Gasteiger partial charge on any atom is -0.496 e. The number of carbonyl (C=O) groups is 2. The molecule has 1 saturated heterocycles. The summed E-state index contributed by atoms with van der Waals surface area (Å²) in [6.07, 6.45) is 4.91. The highest BCUT2D eigenvalue weighted by Crippen LogP contribution is 2.20. The van der Waals surface area contributed by atoms with Crippen LogP contribution in [-0.4, -0.2) is 41.4 Å². The lowest BCUT2D eigenvalue weighted by Gasteiger charge is -2.30. The zero-order chi connectivity index (χ0) is 24.3. The predicted molar refractivity (Wildman–Crippen MR) is 135 cm³/mol. The summed E-state index contributed by atoms with van der Waals surface area (Å²) in [5.41, 5.74) is 1.95. The number of rotatable bonds is 12. The lowest BCUT2D eigenvalue weighted by molar-refractivity contribution is -0.137. The van der Waals surface area contributed by atoms with E-state index in [1.807, 2.05) is 67.6 Å².